The van der Waals surface area contributed by atoms with Crippen LogP contribution in [0.2, 0.25) is 0 Å². The number of aliphatic imine (C=N–C) groups is 1. The fourth-order valence-corrected chi connectivity index (χ4v) is 4.09. The zero-order valence-electron chi connectivity index (χ0n) is 17.0. The first-order valence-corrected chi connectivity index (χ1v) is 9.84. The second-order valence-corrected chi connectivity index (χ2v) is 7.59. The van der Waals surface area contributed by atoms with Gasteiger partial charge in [-0.15, -0.1) is 0 Å². The summed E-state index contributed by atoms with van der Waals surface area (Å²) in [4.78, 5) is 6.47. The van der Waals surface area contributed by atoms with E-state index in [0.29, 0.717) is 6.54 Å². The van der Waals surface area contributed by atoms with Crippen molar-refractivity contribution in [3.63, 3.8) is 0 Å². The molecular formula is C23H30FN3O. The van der Waals surface area contributed by atoms with Crippen LogP contribution in [0.15, 0.2) is 53.5 Å². The van der Waals surface area contributed by atoms with E-state index < -0.39 is 0 Å². The van der Waals surface area contributed by atoms with Gasteiger partial charge < -0.3 is 15.0 Å². The monoisotopic (exact) mass is 383 g/mol. The van der Waals surface area contributed by atoms with Gasteiger partial charge in [-0.3, -0.25) is 4.99 Å². The molecule has 28 heavy (non-hydrogen) atoms. The van der Waals surface area contributed by atoms with E-state index in [4.69, 9.17) is 4.74 Å². The van der Waals surface area contributed by atoms with Crippen molar-refractivity contribution in [2.24, 2.45) is 4.99 Å². The average molecular weight is 384 g/mol. The number of benzene rings is 2. The third kappa shape index (κ3) is 4.71. The molecular weight excluding hydrogens is 353 g/mol. The normalized spacial score (nSPS) is 16.6. The maximum atomic E-state index is 13.5. The molecule has 0 radical (unpaired) electrons. The van der Waals surface area contributed by atoms with Crippen LogP contribution in [0.5, 0.6) is 0 Å². The number of aryl methyl sites for hydroxylation is 1. The maximum absolute atomic E-state index is 13.5. The van der Waals surface area contributed by atoms with Crippen LogP contribution in [0, 0.1) is 12.7 Å². The molecule has 0 aromatic heterocycles. The first kappa shape index (κ1) is 20.3. The van der Waals surface area contributed by atoms with E-state index in [0.717, 1.165) is 44.1 Å². The van der Waals surface area contributed by atoms with Gasteiger partial charge in [0.2, 0.25) is 0 Å². The van der Waals surface area contributed by atoms with Crippen LogP contribution < -0.4 is 5.32 Å². The highest BCUT2D eigenvalue weighted by atomic mass is 19.1. The number of hydrogen-bond acceptors (Lipinski definition) is 2. The van der Waals surface area contributed by atoms with Crippen LogP contribution in [0.4, 0.5) is 4.39 Å². The molecule has 2 aromatic rings. The molecule has 1 aliphatic heterocycles. The highest BCUT2D eigenvalue weighted by molar-refractivity contribution is 5.79. The largest absolute Gasteiger partial charge is 0.381 e. The van der Waals surface area contributed by atoms with Crippen LogP contribution in [-0.4, -0.2) is 44.7 Å². The summed E-state index contributed by atoms with van der Waals surface area (Å²) < 4.78 is 19.1. The summed E-state index contributed by atoms with van der Waals surface area (Å²) in [5.41, 5.74) is 3.65. The Kier molecular flexibility index (Phi) is 6.68. The van der Waals surface area contributed by atoms with Crippen molar-refractivity contribution in [3.05, 3.63) is 71.0 Å². The van der Waals surface area contributed by atoms with Crippen LogP contribution in [0.25, 0.3) is 0 Å². The van der Waals surface area contributed by atoms with Crippen molar-refractivity contribution in [1.82, 2.24) is 10.2 Å². The van der Waals surface area contributed by atoms with Gasteiger partial charge in [-0.2, -0.15) is 0 Å². The molecule has 1 N–H and O–H groups in total. The third-order valence-electron chi connectivity index (χ3n) is 5.63. The Morgan fingerprint density at radius 1 is 1.18 bits per heavy atom. The third-order valence-corrected chi connectivity index (χ3v) is 5.63. The van der Waals surface area contributed by atoms with Gasteiger partial charge >= 0.3 is 0 Å². The SMILES string of the molecule is CN=C(NCC1(c2ccccc2C)CCOCC1)N(C)Cc1cccc(F)c1. The summed E-state index contributed by atoms with van der Waals surface area (Å²) in [5.74, 6) is 0.596. The number of nitrogens with zero attached hydrogens (tertiary/aromatic N) is 2. The highest BCUT2D eigenvalue weighted by Gasteiger charge is 2.35. The number of hydrogen-bond donors (Lipinski definition) is 1. The number of guanidine groups is 1. The number of ether oxygens (including phenoxy) is 1. The van der Waals surface area contributed by atoms with Gasteiger partial charge in [0, 0.05) is 45.8 Å². The molecule has 1 fully saturated rings. The van der Waals surface area contributed by atoms with E-state index in [1.807, 2.05) is 18.0 Å². The molecule has 2 aromatic carbocycles. The van der Waals surface area contributed by atoms with E-state index in [1.54, 1.807) is 19.2 Å². The van der Waals surface area contributed by atoms with Crippen LogP contribution in [-0.2, 0) is 16.7 Å². The first-order valence-electron chi connectivity index (χ1n) is 9.84. The fourth-order valence-electron chi connectivity index (χ4n) is 4.09. The van der Waals surface area contributed by atoms with Gasteiger partial charge in [0.1, 0.15) is 5.82 Å². The fraction of sp³-hybridized carbons (Fsp3) is 0.435. The Hall–Kier alpha value is -2.40. The molecule has 0 aliphatic carbocycles. The predicted octanol–water partition coefficient (Wildman–Crippen LogP) is 3.89. The molecule has 3 rings (SSSR count). The van der Waals surface area contributed by atoms with Crippen LogP contribution in [0.1, 0.15) is 29.5 Å². The van der Waals surface area contributed by atoms with E-state index in [1.165, 1.54) is 17.2 Å². The Morgan fingerprint density at radius 3 is 2.61 bits per heavy atom. The Bertz CT molecular complexity index is 815. The molecule has 0 bridgehead atoms. The van der Waals surface area contributed by atoms with Gasteiger partial charge in [0.25, 0.3) is 0 Å². The van der Waals surface area contributed by atoms with Gasteiger partial charge in [-0.1, -0.05) is 36.4 Å². The highest BCUT2D eigenvalue weighted by Crippen LogP contribution is 2.36. The van der Waals surface area contributed by atoms with Gasteiger partial charge in [0.15, 0.2) is 5.96 Å². The Balaban J connectivity index is 1.73. The molecule has 1 saturated heterocycles. The average Bonchev–Trinajstić information content (AvgIpc) is 2.69. The van der Waals surface area contributed by atoms with Crippen molar-refractivity contribution < 1.29 is 9.13 Å². The van der Waals surface area contributed by atoms with Crippen molar-refractivity contribution in [3.8, 4) is 0 Å². The predicted molar refractivity (Wildman–Crippen MR) is 112 cm³/mol. The summed E-state index contributed by atoms with van der Waals surface area (Å²) >= 11 is 0. The lowest BCUT2D eigenvalue weighted by Gasteiger charge is -2.39. The minimum atomic E-state index is -0.213. The summed E-state index contributed by atoms with van der Waals surface area (Å²) in [6, 6.07) is 15.3. The quantitative estimate of drug-likeness (QED) is 0.629. The molecule has 150 valence electrons. The molecule has 5 heteroatoms. The maximum Gasteiger partial charge on any atom is 0.193 e. The summed E-state index contributed by atoms with van der Waals surface area (Å²) in [6.45, 7) is 5.11. The second-order valence-electron chi connectivity index (χ2n) is 7.59. The van der Waals surface area contributed by atoms with Crippen LogP contribution >= 0.6 is 0 Å². The topological polar surface area (TPSA) is 36.9 Å². The molecule has 1 heterocycles. The van der Waals surface area contributed by atoms with E-state index in [9.17, 15) is 4.39 Å². The molecule has 4 nitrogen and oxygen atoms in total. The molecule has 0 spiro atoms. The van der Waals surface area contributed by atoms with Gasteiger partial charge in [0.05, 0.1) is 0 Å². The van der Waals surface area contributed by atoms with E-state index >= 15 is 0 Å². The molecule has 0 unspecified atom stereocenters. The van der Waals surface area contributed by atoms with Crippen molar-refractivity contribution in [2.75, 3.05) is 33.9 Å². The Morgan fingerprint density at radius 2 is 1.93 bits per heavy atom. The number of halogens is 1. The minimum absolute atomic E-state index is 0.0270. The second kappa shape index (κ2) is 9.20. The van der Waals surface area contributed by atoms with E-state index in [-0.39, 0.29) is 11.2 Å². The minimum Gasteiger partial charge on any atom is -0.381 e. The molecule has 1 aliphatic rings. The first-order chi connectivity index (χ1) is 13.5. The van der Waals surface area contributed by atoms with Gasteiger partial charge in [-0.05, 0) is 48.6 Å². The van der Waals surface area contributed by atoms with E-state index in [2.05, 4.69) is 41.5 Å². The number of nitrogens with one attached hydrogen (secondary N) is 1. The zero-order valence-corrected chi connectivity index (χ0v) is 17.0. The molecule has 0 atom stereocenters. The number of rotatable bonds is 5. The summed E-state index contributed by atoms with van der Waals surface area (Å²) in [7, 11) is 3.76. The van der Waals surface area contributed by atoms with Crippen molar-refractivity contribution in [1.29, 1.82) is 0 Å². The summed E-state index contributed by atoms with van der Waals surface area (Å²) in [6.07, 6.45) is 1.96. The lowest BCUT2D eigenvalue weighted by Crippen LogP contribution is -2.48. The van der Waals surface area contributed by atoms with Crippen molar-refractivity contribution in [2.45, 2.75) is 31.7 Å². The molecule has 0 amide bonds. The zero-order chi connectivity index (χ0) is 20.0. The Labute approximate surface area is 167 Å². The lowest BCUT2D eigenvalue weighted by atomic mass is 9.72. The summed E-state index contributed by atoms with van der Waals surface area (Å²) in [5, 5.41) is 3.57. The van der Waals surface area contributed by atoms with Crippen LogP contribution in [0.3, 0.4) is 0 Å². The lowest BCUT2D eigenvalue weighted by molar-refractivity contribution is 0.0510. The van der Waals surface area contributed by atoms with Gasteiger partial charge in [-0.25, -0.2) is 4.39 Å². The smallest absolute Gasteiger partial charge is 0.193 e. The standard InChI is InChI=1S/C23H30FN3O/c1-18-7-4-5-10-21(18)23(11-13-28-14-12-23)17-26-22(25-2)27(3)16-19-8-6-9-20(24)15-19/h4-10,15H,11-14,16-17H2,1-3H3,(H,25,26). The van der Waals surface area contributed by atoms with Crippen molar-refractivity contribution >= 4 is 5.96 Å². The molecule has 0 saturated carbocycles.